The summed E-state index contributed by atoms with van der Waals surface area (Å²) in [5.74, 6) is -1.79. The number of hydrogen-bond donors (Lipinski definition) is 1. The van der Waals surface area contributed by atoms with Crippen molar-refractivity contribution in [1.29, 1.82) is 0 Å². The molecule has 1 aliphatic heterocycles. The van der Waals surface area contributed by atoms with Crippen LogP contribution < -0.4 is 14.8 Å². The Morgan fingerprint density at radius 3 is 2.29 bits per heavy atom. The van der Waals surface area contributed by atoms with Crippen molar-refractivity contribution in [3.8, 4) is 11.5 Å². The Kier molecular flexibility index (Phi) is 5.38. The SMILES string of the molecule is CCc1ccc(Cn2nc(C(=O)Nc3ccc4c(c3)OC(F)(F)C(F)(F)O4)c3ccccc32)cc1. The van der Waals surface area contributed by atoms with Crippen molar-refractivity contribution in [3.63, 3.8) is 0 Å². The number of ether oxygens (including phenoxy) is 2. The van der Waals surface area contributed by atoms with E-state index in [1.165, 1.54) is 11.6 Å². The lowest BCUT2D eigenvalue weighted by Gasteiger charge is -2.31. The summed E-state index contributed by atoms with van der Waals surface area (Å²) in [4.78, 5) is 13.0. The molecule has 35 heavy (non-hydrogen) atoms. The molecule has 0 saturated heterocycles. The van der Waals surface area contributed by atoms with Crippen LogP contribution in [-0.4, -0.2) is 27.9 Å². The van der Waals surface area contributed by atoms with Gasteiger partial charge in [-0.25, -0.2) is 0 Å². The number of alkyl halides is 4. The topological polar surface area (TPSA) is 65.4 Å². The van der Waals surface area contributed by atoms with E-state index in [1.807, 2.05) is 36.4 Å². The highest BCUT2D eigenvalue weighted by molar-refractivity contribution is 6.11. The molecule has 1 amide bonds. The number of para-hydroxylation sites is 1. The standard InChI is InChI=1S/C25H19F4N3O3/c1-2-15-7-9-16(10-8-15)14-32-19-6-4-3-5-18(19)22(31-32)23(33)30-17-11-12-20-21(13-17)35-25(28,29)24(26,27)34-20/h3-13H,2,14H2,1H3,(H,30,33). The molecule has 0 fully saturated rings. The van der Waals surface area contributed by atoms with Crippen molar-refractivity contribution in [3.05, 3.63) is 83.6 Å². The maximum Gasteiger partial charge on any atom is 0.507 e. The molecule has 0 radical (unpaired) electrons. The van der Waals surface area contributed by atoms with Crippen LogP contribution in [0.15, 0.2) is 66.7 Å². The first-order valence-corrected chi connectivity index (χ1v) is 10.8. The van der Waals surface area contributed by atoms with Crippen LogP contribution in [0.4, 0.5) is 23.2 Å². The molecule has 0 bridgehead atoms. The third kappa shape index (κ3) is 4.16. The number of carbonyl (C=O) groups is 1. The van der Waals surface area contributed by atoms with Crippen LogP contribution in [0.3, 0.4) is 0 Å². The van der Waals surface area contributed by atoms with Gasteiger partial charge in [-0.3, -0.25) is 9.48 Å². The van der Waals surface area contributed by atoms with Crippen LogP contribution in [0.5, 0.6) is 11.5 Å². The molecule has 1 aromatic heterocycles. The van der Waals surface area contributed by atoms with Gasteiger partial charge < -0.3 is 14.8 Å². The highest BCUT2D eigenvalue weighted by Gasteiger charge is 2.65. The van der Waals surface area contributed by atoms with E-state index in [2.05, 4.69) is 26.8 Å². The number of anilines is 1. The fraction of sp³-hybridized carbons (Fsp3) is 0.200. The predicted octanol–water partition coefficient (Wildman–Crippen LogP) is 5.86. The first-order chi connectivity index (χ1) is 16.7. The fourth-order valence-corrected chi connectivity index (χ4v) is 3.80. The van der Waals surface area contributed by atoms with Crippen LogP contribution in [0, 0.1) is 0 Å². The van der Waals surface area contributed by atoms with E-state index >= 15 is 0 Å². The van der Waals surface area contributed by atoms with Crippen LogP contribution in [-0.2, 0) is 13.0 Å². The highest BCUT2D eigenvalue weighted by Crippen LogP contribution is 2.47. The smallest absolute Gasteiger partial charge is 0.421 e. The minimum Gasteiger partial charge on any atom is -0.421 e. The van der Waals surface area contributed by atoms with E-state index in [0.717, 1.165) is 29.6 Å². The largest absolute Gasteiger partial charge is 0.507 e. The molecule has 0 atom stereocenters. The Balaban J connectivity index is 1.42. The molecule has 0 unspecified atom stereocenters. The molecule has 10 heteroatoms. The summed E-state index contributed by atoms with van der Waals surface area (Å²) in [5, 5.41) is 7.64. The number of aryl methyl sites for hydroxylation is 1. The number of rotatable bonds is 5. The van der Waals surface area contributed by atoms with Gasteiger partial charge in [0.1, 0.15) is 0 Å². The number of nitrogens with one attached hydrogen (secondary N) is 1. The quantitative estimate of drug-likeness (QED) is 0.360. The summed E-state index contributed by atoms with van der Waals surface area (Å²) in [7, 11) is 0. The Bertz CT molecular complexity index is 1420. The summed E-state index contributed by atoms with van der Waals surface area (Å²) >= 11 is 0. The zero-order chi connectivity index (χ0) is 24.8. The second kappa shape index (κ2) is 8.30. The average molecular weight is 485 g/mol. The second-order valence-corrected chi connectivity index (χ2v) is 8.05. The first-order valence-electron chi connectivity index (χ1n) is 10.8. The average Bonchev–Trinajstić information content (AvgIpc) is 3.19. The van der Waals surface area contributed by atoms with Gasteiger partial charge in [-0.15, -0.1) is 0 Å². The zero-order valence-electron chi connectivity index (χ0n) is 18.4. The molecule has 0 aliphatic carbocycles. The molecule has 3 aromatic carbocycles. The van der Waals surface area contributed by atoms with E-state index in [9.17, 15) is 22.4 Å². The first kappa shape index (κ1) is 22.7. The lowest BCUT2D eigenvalue weighted by Crippen LogP contribution is -2.52. The number of fused-ring (bicyclic) bond motifs is 2. The molecule has 4 aromatic rings. The van der Waals surface area contributed by atoms with Crippen molar-refractivity contribution in [2.45, 2.75) is 32.1 Å². The van der Waals surface area contributed by atoms with Crippen molar-refractivity contribution in [2.75, 3.05) is 5.32 Å². The van der Waals surface area contributed by atoms with Gasteiger partial charge in [0.15, 0.2) is 17.2 Å². The molecular weight excluding hydrogens is 466 g/mol. The summed E-state index contributed by atoms with van der Waals surface area (Å²) in [6, 6.07) is 18.5. The van der Waals surface area contributed by atoms with Gasteiger partial charge in [0.25, 0.3) is 5.91 Å². The lowest BCUT2D eigenvalue weighted by atomic mass is 10.1. The van der Waals surface area contributed by atoms with Crippen molar-refractivity contribution >= 4 is 22.5 Å². The Morgan fingerprint density at radius 1 is 0.914 bits per heavy atom. The van der Waals surface area contributed by atoms with Gasteiger partial charge in [-0.1, -0.05) is 49.4 Å². The predicted molar refractivity (Wildman–Crippen MR) is 120 cm³/mol. The molecule has 1 N–H and O–H groups in total. The van der Waals surface area contributed by atoms with Gasteiger partial charge >= 0.3 is 12.2 Å². The van der Waals surface area contributed by atoms with Crippen molar-refractivity contribution in [2.24, 2.45) is 0 Å². The van der Waals surface area contributed by atoms with Gasteiger partial charge in [0.2, 0.25) is 0 Å². The molecule has 2 heterocycles. The van der Waals surface area contributed by atoms with Crippen LogP contribution >= 0.6 is 0 Å². The van der Waals surface area contributed by atoms with E-state index in [0.29, 0.717) is 11.9 Å². The number of halogens is 4. The normalized spacial score (nSPS) is 15.7. The van der Waals surface area contributed by atoms with E-state index in [1.54, 1.807) is 16.8 Å². The van der Waals surface area contributed by atoms with Crippen LogP contribution in [0.1, 0.15) is 28.5 Å². The highest BCUT2D eigenvalue weighted by atomic mass is 19.3. The van der Waals surface area contributed by atoms with Crippen LogP contribution in [0.2, 0.25) is 0 Å². The van der Waals surface area contributed by atoms with Crippen molar-refractivity contribution < 1.29 is 31.8 Å². The van der Waals surface area contributed by atoms with Crippen molar-refractivity contribution in [1.82, 2.24) is 9.78 Å². The summed E-state index contributed by atoms with van der Waals surface area (Å²) < 4.78 is 63.7. The summed E-state index contributed by atoms with van der Waals surface area (Å²) in [5.41, 5.74) is 3.12. The summed E-state index contributed by atoms with van der Waals surface area (Å²) in [6.07, 6.45) is -8.74. The number of carbonyl (C=O) groups excluding carboxylic acids is 1. The van der Waals surface area contributed by atoms with E-state index < -0.39 is 29.6 Å². The maximum atomic E-state index is 13.5. The van der Waals surface area contributed by atoms with Gasteiger partial charge in [-0.2, -0.15) is 22.7 Å². The third-order valence-corrected chi connectivity index (χ3v) is 5.65. The van der Waals surface area contributed by atoms with Gasteiger partial charge in [0.05, 0.1) is 12.1 Å². The summed E-state index contributed by atoms with van der Waals surface area (Å²) in [6.45, 7) is 2.51. The second-order valence-electron chi connectivity index (χ2n) is 8.05. The molecule has 180 valence electrons. The fourth-order valence-electron chi connectivity index (χ4n) is 3.80. The van der Waals surface area contributed by atoms with Crippen LogP contribution in [0.25, 0.3) is 10.9 Å². The number of benzene rings is 3. The molecule has 5 rings (SSSR count). The minimum absolute atomic E-state index is 0.0483. The third-order valence-electron chi connectivity index (χ3n) is 5.65. The molecular formula is C25H19F4N3O3. The maximum absolute atomic E-state index is 13.5. The molecule has 0 saturated carbocycles. The minimum atomic E-state index is -4.85. The van der Waals surface area contributed by atoms with Gasteiger partial charge in [0, 0.05) is 17.1 Å². The Hall–Kier alpha value is -4.08. The molecule has 6 nitrogen and oxygen atoms in total. The Morgan fingerprint density at radius 2 is 1.57 bits per heavy atom. The number of hydrogen-bond acceptors (Lipinski definition) is 4. The van der Waals surface area contributed by atoms with E-state index in [-0.39, 0.29) is 11.4 Å². The monoisotopic (exact) mass is 485 g/mol. The Labute approximate surface area is 197 Å². The number of amides is 1. The lowest BCUT2D eigenvalue weighted by molar-refractivity contribution is -0.391. The molecule has 0 spiro atoms. The molecule has 1 aliphatic rings. The number of nitrogens with zero attached hydrogens (tertiary/aromatic N) is 2. The van der Waals surface area contributed by atoms with E-state index in [4.69, 9.17) is 0 Å². The van der Waals surface area contributed by atoms with Gasteiger partial charge in [-0.05, 0) is 35.7 Å². The zero-order valence-corrected chi connectivity index (χ0v) is 18.4. The number of aromatic nitrogens is 2.